The van der Waals surface area contributed by atoms with Gasteiger partial charge < -0.3 is 9.80 Å². The summed E-state index contributed by atoms with van der Waals surface area (Å²) in [4.78, 5) is 27.8. The molecule has 0 N–H and O–H groups in total. The van der Waals surface area contributed by atoms with Crippen LogP contribution in [0.2, 0.25) is 0 Å². The number of rotatable bonds is 7. The minimum Gasteiger partial charge on any atom is -0.371 e. The minimum atomic E-state index is -0.425. The maximum atomic E-state index is 12.5. The number of thioether (sulfide) groups is 1. The van der Waals surface area contributed by atoms with Crippen molar-refractivity contribution in [2.24, 2.45) is 0 Å². The van der Waals surface area contributed by atoms with Crippen LogP contribution in [0.4, 0.5) is 11.4 Å². The van der Waals surface area contributed by atoms with Crippen molar-refractivity contribution in [1.29, 1.82) is 0 Å². The van der Waals surface area contributed by atoms with E-state index < -0.39 is 4.92 Å². The molecule has 1 aliphatic rings. The molecule has 1 heterocycles. The Morgan fingerprint density at radius 2 is 1.81 bits per heavy atom. The van der Waals surface area contributed by atoms with E-state index in [0.29, 0.717) is 12.3 Å². The Balaban J connectivity index is 1.57. The van der Waals surface area contributed by atoms with Gasteiger partial charge in [-0.15, -0.1) is 11.8 Å². The highest BCUT2D eigenvalue weighted by atomic mass is 32.2. The number of hydrogen-bond acceptors (Lipinski definition) is 5. The van der Waals surface area contributed by atoms with E-state index in [0.717, 1.165) is 23.5 Å². The van der Waals surface area contributed by atoms with Gasteiger partial charge in [0.25, 0.3) is 5.69 Å². The molecule has 0 unspecified atom stereocenters. The molecule has 142 valence electrons. The van der Waals surface area contributed by atoms with Gasteiger partial charge in [0.15, 0.2) is 0 Å². The Morgan fingerprint density at radius 1 is 1.15 bits per heavy atom. The van der Waals surface area contributed by atoms with E-state index in [1.165, 1.54) is 42.4 Å². The molecule has 7 heteroatoms. The summed E-state index contributed by atoms with van der Waals surface area (Å²) in [6, 6.07) is 14.6. The van der Waals surface area contributed by atoms with Crippen LogP contribution in [0.3, 0.4) is 0 Å². The lowest BCUT2D eigenvalue weighted by atomic mass is 10.1. The Labute approximate surface area is 163 Å². The third-order valence-corrected chi connectivity index (χ3v) is 5.68. The fraction of sp³-hybridized carbons (Fsp3) is 0.350. The van der Waals surface area contributed by atoms with Crippen molar-refractivity contribution in [2.45, 2.75) is 24.3 Å². The van der Waals surface area contributed by atoms with Gasteiger partial charge in [-0.25, -0.2) is 0 Å². The number of hydrogen-bond donors (Lipinski definition) is 0. The molecule has 2 aromatic rings. The van der Waals surface area contributed by atoms with Crippen LogP contribution in [0, 0.1) is 10.1 Å². The van der Waals surface area contributed by atoms with E-state index in [1.807, 2.05) is 19.2 Å². The summed E-state index contributed by atoms with van der Waals surface area (Å²) in [6.45, 7) is 2.72. The number of carbonyl (C=O) groups is 1. The predicted octanol–water partition coefficient (Wildman–Crippen LogP) is 3.95. The van der Waals surface area contributed by atoms with Crippen LogP contribution in [0.5, 0.6) is 0 Å². The molecule has 6 nitrogen and oxygen atoms in total. The van der Waals surface area contributed by atoms with E-state index in [1.54, 1.807) is 17.0 Å². The normalized spacial score (nSPS) is 13.6. The minimum absolute atomic E-state index is 0.0366. The quantitative estimate of drug-likeness (QED) is 0.410. The van der Waals surface area contributed by atoms with Gasteiger partial charge in [-0.05, 0) is 36.6 Å². The Hall–Kier alpha value is -2.54. The summed E-state index contributed by atoms with van der Waals surface area (Å²) in [6.07, 6.45) is 2.43. The molecule has 0 aliphatic carbocycles. The van der Waals surface area contributed by atoms with Crippen molar-refractivity contribution in [3.63, 3.8) is 0 Å². The van der Waals surface area contributed by atoms with Gasteiger partial charge in [0.1, 0.15) is 0 Å². The van der Waals surface area contributed by atoms with Gasteiger partial charge in [-0.2, -0.15) is 0 Å². The average molecular weight is 385 g/mol. The zero-order valence-corrected chi connectivity index (χ0v) is 16.2. The molecule has 0 atom stereocenters. The first-order valence-corrected chi connectivity index (χ1v) is 9.97. The monoisotopic (exact) mass is 385 g/mol. The number of non-ortho nitro benzene ring substituents is 1. The third-order valence-electron chi connectivity index (χ3n) is 4.68. The van der Waals surface area contributed by atoms with Crippen LogP contribution in [0.15, 0.2) is 53.4 Å². The molecular formula is C20H23N3O3S. The molecular weight excluding hydrogens is 362 g/mol. The van der Waals surface area contributed by atoms with Gasteiger partial charge in [0.05, 0.1) is 10.7 Å². The summed E-state index contributed by atoms with van der Waals surface area (Å²) in [5.74, 6) is 0.342. The Morgan fingerprint density at radius 3 is 2.48 bits per heavy atom. The van der Waals surface area contributed by atoms with E-state index >= 15 is 0 Å². The first-order valence-electron chi connectivity index (χ1n) is 8.98. The topological polar surface area (TPSA) is 66.7 Å². The summed E-state index contributed by atoms with van der Waals surface area (Å²) in [7, 11) is 1.82. The van der Waals surface area contributed by atoms with Crippen LogP contribution >= 0.6 is 11.8 Å². The van der Waals surface area contributed by atoms with Crippen LogP contribution < -0.4 is 4.90 Å². The van der Waals surface area contributed by atoms with E-state index in [9.17, 15) is 14.9 Å². The standard InChI is InChI=1S/C20H23N3O3S/c1-21(14-16-6-2-3-7-19(16)22-12-4-5-13-22)20(24)15-27-18-10-8-17(9-11-18)23(25)26/h2-3,6-11H,4-5,12-15H2,1H3. The molecule has 0 bridgehead atoms. The number of nitro benzene ring substituents is 1. The smallest absolute Gasteiger partial charge is 0.269 e. The number of carbonyl (C=O) groups excluding carboxylic acids is 1. The van der Waals surface area contributed by atoms with Crippen molar-refractivity contribution in [3.05, 3.63) is 64.2 Å². The second-order valence-electron chi connectivity index (χ2n) is 6.61. The summed E-state index contributed by atoms with van der Waals surface area (Å²) in [5.41, 5.74) is 2.44. The Bertz CT molecular complexity index is 804. The zero-order valence-electron chi connectivity index (χ0n) is 15.3. The molecule has 0 aromatic heterocycles. The van der Waals surface area contributed by atoms with Gasteiger partial charge in [0.2, 0.25) is 5.91 Å². The highest BCUT2D eigenvalue weighted by molar-refractivity contribution is 8.00. The molecule has 2 aromatic carbocycles. The van der Waals surface area contributed by atoms with Gasteiger partial charge >= 0.3 is 0 Å². The largest absolute Gasteiger partial charge is 0.371 e. The number of nitro groups is 1. The van der Waals surface area contributed by atoms with Crippen molar-refractivity contribution < 1.29 is 9.72 Å². The highest BCUT2D eigenvalue weighted by Gasteiger charge is 2.17. The molecule has 0 saturated carbocycles. The molecule has 1 aliphatic heterocycles. The van der Waals surface area contributed by atoms with E-state index in [4.69, 9.17) is 0 Å². The number of benzene rings is 2. The van der Waals surface area contributed by atoms with E-state index in [-0.39, 0.29) is 11.6 Å². The van der Waals surface area contributed by atoms with Crippen LogP contribution in [-0.4, -0.2) is 41.6 Å². The number of anilines is 1. The lowest BCUT2D eigenvalue weighted by molar-refractivity contribution is -0.384. The van der Waals surface area contributed by atoms with Gasteiger partial charge in [0, 0.05) is 49.4 Å². The molecule has 1 fully saturated rings. The number of nitrogens with zero attached hydrogens (tertiary/aromatic N) is 3. The first-order chi connectivity index (χ1) is 13.0. The molecule has 27 heavy (non-hydrogen) atoms. The molecule has 1 amide bonds. The van der Waals surface area contributed by atoms with Crippen LogP contribution in [0.25, 0.3) is 0 Å². The fourth-order valence-corrected chi connectivity index (χ4v) is 4.01. The first kappa shape index (κ1) is 19.2. The fourth-order valence-electron chi connectivity index (χ4n) is 3.17. The summed E-state index contributed by atoms with van der Waals surface area (Å²) < 4.78 is 0. The van der Waals surface area contributed by atoms with Crippen LogP contribution in [-0.2, 0) is 11.3 Å². The van der Waals surface area contributed by atoms with Crippen LogP contribution in [0.1, 0.15) is 18.4 Å². The van der Waals surface area contributed by atoms with Crippen molar-refractivity contribution in [3.8, 4) is 0 Å². The summed E-state index contributed by atoms with van der Waals surface area (Å²) >= 11 is 1.39. The van der Waals surface area contributed by atoms with Gasteiger partial charge in [-0.1, -0.05) is 18.2 Å². The second kappa shape index (κ2) is 8.90. The Kier molecular flexibility index (Phi) is 6.34. The maximum absolute atomic E-state index is 12.5. The predicted molar refractivity (Wildman–Crippen MR) is 108 cm³/mol. The number of para-hydroxylation sites is 1. The van der Waals surface area contributed by atoms with Crippen molar-refractivity contribution in [2.75, 3.05) is 30.8 Å². The summed E-state index contributed by atoms with van der Waals surface area (Å²) in [5, 5.41) is 10.7. The lowest BCUT2D eigenvalue weighted by Crippen LogP contribution is -2.29. The maximum Gasteiger partial charge on any atom is 0.269 e. The number of amides is 1. The average Bonchev–Trinajstić information content (AvgIpc) is 3.21. The van der Waals surface area contributed by atoms with Gasteiger partial charge in [-0.3, -0.25) is 14.9 Å². The second-order valence-corrected chi connectivity index (χ2v) is 7.66. The highest BCUT2D eigenvalue weighted by Crippen LogP contribution is 2.26. The molecule has 0 spiro atoms. The van der Waals surface area contributed by atoms with E-state index in [2.05, 4.69) is 17.0 Å². The van der Waals surface area contributed by atoms with Crippen molar-refractivity contribution in [1.82, 2.24) is 4.90 Å². The zero-order chi connectivity index (χ0) is 19.2. The molecule has 3 rings (SSSR count). The van der Waals surface area contributed by atoms with Crippen molar-refractivity contribution >= 4 is 29.0 Å². The lowest BCUT2D eigenvalue weighted by Gasteiger charge is -2.24. The molecule has 1 saturated heterocycles. The third kappa shape index (κ3) is 5.01. The molecule has 0 radical (unpaired) electrons. The SMILES string of the molecule is CN(Cc1ccccc1N1CCCC1)C(=O)CSc1ccc([N+](=O)[O-])cc1.